The summed E-state index contributed by atoms with van der Waals surface area (Å²) in [5.74, 6) is -0.141. The maximum absolute atomic E-state index is 12.4. The van der Waals surface area contributed by atoms with Gasteiger partial charge in [0, 0.05) is 25.8 Å². The molecule has 0 bridgehead atoms. The van der Waals surface area contributed by atoms with Gasteiger partial charge in [0.15, 0.2) is 6.61 Å². The molecule has 0 aliphatic carbocycles. The second-order valence-electron chi connectivity index (χ2n) is 7.04. The van der Waals surface area contributed by atoms with Gasteiger partial charge in [-0.15, -0.1) is 0 Å². The first-order valence-corrected chi connectivity index (χ1v) is 11.3. The van der Waals surface area contributed by atoms with E-state index in [2.05, 4.69) is 47.7 Å². The molecule has 0 atom stereocenters. The summed E-state index contributed by atoms with van der Waals surface area (Å²) in [5.41, 5.74) is 6.37. The molecule has 0 unspecified atom stereocenters. The van der Waals surface area contributed by atoms with Gasteiger partial charge in [-0.2, -0.15) is 5.10 Å². The molecule has 32 heavy (non-hydrogen) atoms. The number of carbonyl (C=O) groups excluding carboxylic acids is 2. The first-order chi connectivity index (χ1) is 15.3. The maximum Gasteiger partial charge on any atom is 0.271 e. The zero-order valence-corrected chi connectivity index (χ0v) is 20.7. The number of nitrogens with one attached hydrogen (secondary N) is 2. The van der Waals surface area contributed by atoms with Gasteiger partial charge in [-0.05, 0) is 73.5 Å². The van der Waals surface area contributed by atoms with Gasteiger partial charge in [-0.1, -0.05) is 44.0 Å². The highest BCUT2D eigenvalue weighted by atomic mass is 79.9. The number of aryl methyl sites for hydroxylation is 2. The Labute approximate surface area is 203 Å². The van der Waals surface area contributed by atoms with E-state index in [9.17, 15) is 9.59 Å². The summed E-state index contributed by atoms with van der Waals surface area (Å²) in [4.78, 5) is 24.6. The second-order valence-corrected chi connectivity index (χ2v) is 8.87. The molecule has 3 rings (SSSR count). The summed E-state index contributed by atoms with van der Waals surface area (Å²) in [6, 6.07) is 18.1. The number of anilines is 1. The minimum atomic E-state index is -0.334. The first kappa shape index (κ1) is 23.7. The number of halogens is 2. The topological polar surface area (TPSA) is 79.8 Å². The van der Waals surface area contributed by atoms with Gasteiger partial charge in [-0.25, -0.2) is 5.43 Å². The molecule has 164 valence electrons. The molecule has 0 spiro atoms. The Hall–Kier alpha value is -2.97. The lowest BCUT2D eigenvalue weighted by molar-refractivity contribution is -0.118. The van der Waals surface area contributed by atoms with E-state index in [0.717, 1.165) is 25.8 Å². The van der Waals surface area contributed by atoms with E-state index in [-0.39, 0.29) is 18.4 Å². The van der Waals surface area contributed by atoms with Crippen LogP contribution in [0.1, 0.15) is 27.0 Å². The number of rotatable bonds is 7. The molecular weight excluding hydrogens is 538 g/mol. The van der Waals surface area contributed by atoms with Crippen molar-refractivity contribution in [3.8, 4) is 5.75 Å². The van der Waals surface area contributed by atoms with Crippen molar-refractivity contribution in [2.24, 2.45) is 5.10 Å². The number of ether oxygens (including phenoxy) is 1. The lowest BCUT2D eigenvalue weighted by Crippen LogP contribution is -2.21. The van der Waals surface area contributed by atoms with Gasteiger partial charge in [0.25, 0.3) is 11.8 Å². The molecule has 0 aromatic heterocycles. The standard InChI is InChI=1S/C24H21Br2N3O3/c1-15-3-4-16(2)21(11-15)28-23(30)14-32-22-10-9-20(26)12-18(22)13-27-29-24(31)17-5-7-19(25)8-6-17/h3-13H,14H2,1-2H3,(H,28,30)(H,29,31)/b27-13+. The van der Waals surface area contributed by atoms with Crippen LogP contribution in [0.2, 0.25) is 0 Å². The van der Waals surface area contributed by atoms with Crippen molar-refractivity contribution >= 4 is 55.6 Å². The van der Waals surface area contributed by atoms with Gasteiger partial charge in [0.05, 0.1) is 6.21 Å². The first-order valence-electron chi connectivity index (χ1n) is 9.70. The lowest BCUT2D eigenvalue weighted by Gasteiger charge is -2.12. The van der Waals surface area contributed by atoms with Crippen molar-refractivity contribution in [3.05, 3.63) is 91.9 Å². The van der Waals surface area contributed by atoms with E-state index >= 15 is 0 Å². The van der Waals surface area contributed by atoms with Gasteiger partial charge < -0.3 is 10.1 Å². The van der Waals surface area contributed by atoms with Crippen molar-refractivity contribution in [3.63, 3.8) is 0 Å². The fraction of sp³-hybridized carbons (Fsp3) is 0.125. The molecule has 0 radical (unpaired) electrons. The molecule has 0 fully saturated rings. The number of hydrazone groups is 1. The summed E-state index contributed by atoms with van der Waals surface area (Å²) < 4.78 is 7.40. The highest BCUT2D eigenvalue weighted by Crippen LogP contribution is 2.22. The summed E-state index contributed by atoms with van der Waals surface area (Å²) >= 11 is 6.75. The van der Waals surface area contributed by atoms with Gasteiger partial charge in [-0.3, -0.25) is 9.59 Å². The van der Waals surface area contributed by atoms with Gasteiger partial charge >= 0.3 is 0 Å². The normalized spacial score (nSPS) is 10.8. The number of carbonyl (C=O) groups is 2. The molecule has 6 nitrogen and oxygen atoms in total. The van der Waals surface area contributed by atoms with Crippen LogP contribution in [0.3, 0.4) is 0 Å². The van der Waals surface area contributed by atoms with E-state index in [0.29, 0.717) is 16.9 Å². The maximum atomic E-state index is 12.4. The zero-order valence-electron chi connectivity index (χ0n) is 17.5. The molecule has 3 aromatic carbocycles. The van der Waals surface area contributed by atoms with Gasteiger partial charge in [0.2, 0.25) is 0 Å². The van der Waals surface area contributed by atoms with E-state index in [1.54, 1.807) is 42.5 Å². The van der Waals surface area contributed by atoms with Crippen molar-refractivity contribution in [2.45, 2.75) is 13.8 Å². The molecule has 2 N–H and O–H groups in total. The summed E-state index contributed by atoms with van der Waals surface area (Å²) in [6.07, 6.45) is 1.47. The second kappa shape index (κ2) is 11.1. The Bertz CT molecular complexity index is 1160. The fourth-order valence-corrected chi connectivity index (χ4v) is 3.42. The highest BCUT2D eigenvalue weighted by molar-refractivity contribution is 9.10. The molecule has 0 saturated carbocycles. The SMILES string of the molecule is Cc1ccc(C)c(NC(=O)COc2ccc(Br)cc2/C=N/NC(=O)c2ccc(Br)cc2)c1. The molecule has 0 aliphatic heterocycles. The lowest BCUT2D eigenvalue weighted by atomic mass is 10.1. The monoisotopic (exact) mass is 557 g/mol. The molecule has 3 aromatic rings. The van der Waals surface area contributed by atoms with Crippen LogP contribution >= 0.6 is 31.9 Å². The number of hydrogen-bond donors (Lipinski definition) is 2. The Morgan fingerprint density at radius 2 is 1.69 bits per heavy atom. The predicted octanol–water partition coefficient (Wildman–Crippen LogP) is 5.61. The Kier molecular flexibility index (Phi) is 8.19. The third-order valence-corrected chi connectivity index (χ3v) is 5.50. The Morgan fingerprint density at radius 1 is 0.969 bits per heavy atom. The quantitative estimate of drug-likeness (QED) is 0.292. The smallest absolute Gasteiger partial charge is 0.271 e. The molecule has 0 aliphatic rings. The third-order valence-electron chi connectivity index (χ3n) is 4.47. The van der Waals surface area contributed by atoms with Crippen molar-refractivity contribution in [2.75, 3.05) is 11.9 Å². The number of nitrogens with zero attached hydrogens (tertiary/aromatic N) is 1. The summed E-state index contributed by atoms with van der Waals surface area (Å²) in [7, 11) is 0. The molecule has 2 amide bonds. The average molecular weight is 559 g/mol. The fourth-order valence-electron chi connectivity index (χ4n) is 2.78. The summed E-state index contributed by atoms with van der Waals surface area (Å²) in [5, 5.41) is 6.89. The minimum absolute atomic E-state index is 0.166. The molecular formula is C24H21Br2N3O3. The minimum Gasteiger partial charge on any atom is -0.483 e. The van der Waals surface area contributed by atoms with Crippen molar-refractivity contribution in [1.29, 1.82) is 0 Å². The van der Waals surface area contributed by atoms with Crippen LogP contribution in [0, 0.1) is 13.8 Å². The van der Waals surface area contributed by atoms with Crippen LogP contribution < -0.4 is 15.5 Å². The number of amides is 2. The highest BCUT2D eigenvalue weighted by Gasteiger charge is 2.09. The zero-order chi connectivity index (χ0) is 23.1. The van der Waals surface area contributed by atoms with Gasteiger partial charge in [0.1, 0.15) is 5.75 Å². The van der Waals surface area contributed by atoms with E-state index in [1.807, 2.05) is 32.0 Å². The Morgan fingerprint density at radius 3 is 2.44 bits per heavy atom. The van der Waals surface area contributed by atoms with Crippen LogP contribution in [-0.4, -0.2) is 24.6 Å². The Balaban J connectivity index is 1.63. The van der Waals surface area contributed by atoms with Crippen LogP contribution in [0.4, 0.5) is 5.69 Å². The predicted molar refractivity (Wildman–Crippen MR) is 133 cm³/mol. The van der Waals surface area contributed by atoms with E-state index < -0.39 is 0 Å². The van der Waals surface area contributed by atoms with Crippen molar-refractivity contribution < 1.29 is 14.3 Å². The van der Waals surface area contributed by atoms with Crippen molar-refractivity contribution in [1.82, 2.24) is 5.43 Å². The summed E-state index contributed by atoms with van der Waals surface area (Å²) in [6.45, 7) is 3.73. The van der Waals surface area contributed by atoms with Crippen LogP contribution in [-0.2, 0) is 4.79 Å². The third kappa shape index (κ3) is 6.77. The molecule has 8 heteroatoms. The van der Waals surface area contributed by atoms with Crippen LogP contribution in [0.15, 0.2) is 74.7 Å². The van der Waals surface area contributed by atoms with Crippen LogP contribution in [0.25, 0.3) is 0 Å². The van der Waals surface area contributed by atoms with E-state index in [1.165, 1.54) is 6.21 Å². The van der Waals surface area contributed by atoms with Crippen LogP contribution in [0.5, 0.6) is 5.75 Å². The number of benzene rings is 3. The van der Waals surface area contributed by atoms with E-state index in [4.69, 9.17) is 4.74 Å². The molecule has 0 heterocycles. The molecule has 0 saturated heterocycles. The largest absolute Gasteiger partial charge is 0.483 e. The average Bonchev–Trinajstić information content (AvgIpc) is 2.76. The number of hydrogen-bond acceptors (Lipinski definition) is 4.